The van der Waals surface area contributed by atoms with E-state index in [1.54, 1.807) is 6.92 Å². The maximum atomic E-state index is 12.9. The molecule has 2 heterocycles. The Morgan fingerprint density at radius 3 is 2.58 bits per heavy atom. The molecule has 0 bridgehead atoms. The lowest BCUT2D eigenvalue weighted by atomic mass is 10.0. The highest BCUT2D eigenvalue weighted by Gasteiger charge is 2.23. The molecule has 0 spiro atoms. The lowest BCUT2D eigenvalue weighted by Crippen LogP contribution is -2.51. The van der Waals surface area contributed by atoms with Gasteiger partial charge in [-0.2, -0.15) is 4.98 Å². The number of carbonyl (C=O) groups is 1. The third kappa shape index (κ3) is 5.62. The molecular formula is C23H26ClN5O2. The van der Waals surface area contributed by atoms with Gasteiger partial charge < -0.3 is 19.6 Å². The van der Waals surface area contributed by atoms with Gasteiger partial charge in [-0.25, -0.2) is 0 Å². The number of nitrogens with zero attached hydrogens (tertiary/aromatic N) is 4. The molecule has 31 heavy (non-hydrogen) atoms. The molecule has 4 rings (SSSR count). The van der Waals surface area contributed by atoms with E-state index in [2.05, 4.69) is 26.4 Å². The first kappa shape index (κ1) is 21.3. The number of benzene rings is 2. The van der Waals surface area contributed by atoms with E-state index in [4.69, 9.17) is 16.1 Å². The summed E-state index contributed by atoms with van der Waals surface area (Å²) in [6.07, 6.45) is 0.528. The summed E-state index contributed by atoms with van der Waals surface area (Å²) in [6, 6.07) is 17.8. The van der Waals surface area contributed by atoms with E-state index in [9.17, 15) is 4.79 Å². The quantitative estimate of drug-likeness (QED) is 0.609. The normalized spacial score (nSPS) is 15.2. The van der Waals surface area contributed by atoms with Crippen molar-refractivity contribution in [2.75, 3.05) is 37.6 Å². The van der Waals surface area contributed by atoms with E-state index >= 15 is 0 Å². The number of halogens is 1. The zero-order chi connectivity index (χ0) is 21.6. The fourth-order valence-corrected chi connectivity index (χ4v) is 3.98. The van der Waals surface area contributed by atoms with Crippen LogP contribution < -0.4 is 10.2 Å². The van der Waals surface area contributed by atoms with Gasteiger partial charge >= 0.3 is 0 Å². The average Bonchev–Trinajstić information content (AvgIpc) is 3.21. The molecule has 8 heteroatoms. The number of hydrogen-bond donors (Lipinski definition) is 1. The highest BCUT2D eigenvalue weighted by Crippen LogP contribution is 2.21. The number of piperazine rings is 1. The van der Waals surface area contributed by atoms with Gasteiger partial charge in [0.25, 0.3) is 0 Å². The maximum absolute atomic E-state index is 12.9. The zero-order valence-corrected chi connectivity index (χ0v) is 18.3. The first-order valence-corrected chi connectivity index (χ1v) is 10.8. The Balaban J connectivity index is 1.33. The standard InChI is InChI=1S/C23H26ClN5O2/c1-17-26-22(31-27-17)15-21(18-6-3-2-4-7-18)25-16-23(30)29-12-10-28(11-13-29)20-9-5-8-19(24)14-20/h2-9,14,21,25H,10-13,15-16H2,1H3. The van der Waals surface area contributed by atoms with Crippen LogP contribution in [0.5, 0.6) is 0 Å². The Kier molecular flexibility index (Phi) is 6.84. The second-order valence-electron chi connectivity index (χ2n) is 7.63. The van der Waals surface area contributed by atoms with Crippen LogP contribution in [0.15, 0.2) is 59.1 Å². The number of hydrogen-bond acceptors (Lipinski definition) is 6. The molecule has 1 atom stereocenters. The van der Waals surface area contributed by atoms with Crippen molar-refractivity contribution in [3.8, 4) is 0 Å². The molecule has 0 saturated carbocycles. The van der Waals surface area contributed by atoms with Gasteiger partial charge in [-0.3, -0.25) is 4.79 Å². The molecule has 0 aliphatic carbocycles. The van der Waals surface area contributed by atoms with Gasteiger partial charge in [0.05, 0.1) is 6.54 Å². The third-order valence-electron chi connectivity index (χ3n) is 5.46. The zero-order valence-electron chi connectivity index (χ0n) is 17.5. The number of carbonyl (C=O) groups excluding carboxylic acids is 1. The molecule has 1 amide bonds. The third-order valence-corrected chi connectivity index (χ3v) is 5.69. The van der Waals surface area contributed by atoms with Crippen molar-refractivity contribution in [3.63, 3.8) is 0 Å². The highest BCUT2D eigenvalue weighted by molar-refractivity contribution is 6.30. The van der Waals surface area contributed by atoms with Crippen LogP contribution in [-0.4, -0.2) is 53.7 Å². The molecule has 1 aliphatic heterocycles. The van der Waals surface area contributed by atoms with Crippen molar-refractivity contribution in [2.45, 2.75) is 19.4 Å². The lowest BCUT2D eigenvalue weighted by Gasteiger charge is -2.36. The average molecular weight is 440 g/mol. The van der Waals surface area contributed by atoms with Crippen LogP contribution in [0.3, 0.4) is 0 Å². The van der Waals surface area contributed by atoms with Gasteiger partial charge in [-0.1, -0.05) is 53.2 Å². The predicted octanol–water partition coefficient (Wildman–Crippen LogP) is 3.25. The molecule has 162 valence electrons. The Morgan fingerprint density at radius 2 is 1.90 bits per heavy atom. The predicted molar refractivity (Wildman–Crippen MR) is 120 cm³/mol. The van der Waals surface area contributed by atoms with Crippen LogP contribution in [0.1, 0.15) is 23.3 Å². The minimum absolute atomic E-state index is 0.0854. The molecule has 1 aliphatic rings. The Morgan fingerprint density at radius 1 is 1.13 bits per heavy atom. The van der Waals surface area contributed by atoms with Crippen molar-refractivity contribution in [3.05, 3.63) is 76.9 Å². The highest BCUT2D eigenvalue weighted by atomic mass is 35.5. The summed E-state index contributed by atoms with van der Waals surface area (Å²) in [5.74, 6) is 1.25. The molecule has 1 saturated heterocycles. The number of aromatic nitrogens is 2. The number of rotatable bonds is 7. The minimum atomic E-state index is -0.0854. The molecule has 1 N–H and O–H groups in total. The van der Waals surface area contributed by atoms with Crippen molar-refractivity contribution in [1.29, 1.82) is 0 Å². The van der Waals surface area contributed by atoms with Crippen molar-refractivity contribution >= 4 is 23.2 Å². The molecule has 3 aromatic rings. The van der Waals surface area contributed by atoms with Crippen molar-refractivity contribution in [1.82, 2.24) is 20.4 Å². The van der Waals surface area contributed by atoms with E-state index in [1.165, 1.54) is 0 Å². The van der Waals surface area contributed by atoms with Gasteiger partial charge in [0.2, 0.25) is 11.8 Å². The van der Waals surface area contributed by atoms with Crippen LogP contribution in [0.4, 0.5) is 5.69 Å². The van der Waals surface area contributed by atoms with Crippen LogP contribution in [0.2, 0.25) is 5.02 Å². The van der Waals surface area contributed by atoms with Crippen LogP contribution in [0, 0.1) is 6.92 Å². The van der Waals surface area contributed by atoms with Crippen molar-refractivity contribution < 1.29 is 9.32 Å². The summed E-state index contributed by atoms with van der Waals surface area (Å²) in [4.78, 5) is 21.3. The molecule has 7 nitrogen and oxygen atoms in total. The fourth-order valence-electron chi connectivity index (χ4n) is 3.80. The molecule has 1 unspecified atom stereocenters. The number of anilines is 1. The van der Waals surface area contributed by atoms with E-state index < -0.39 is 0 Å². The van der Waals surface area contributed by atoms with Gasteiger partial charge in [0.15, 0.2) is 5.82 Å². The first-order chi connectivity index (χ1) is 15.1. The van der Waals surface area contributed by atoms with E-state index in [0.717, 1.165) is 29.4 Å². The van der Waals surface area contributed by atoms with Crippen LogP contribution >= 0.6 is 11.6 Å². The summed E-state index contributed by atoms with van der Waals surface area (Å²) in [6.45, 7) is 5.00. The summed E-state index contributed by atoms with van der Waals surface area (Å²) >= 11 is 6.11. The number of amides is 1. The summed E-state index contributed by atoms with van der Waals surface area (Å²) in [7, 11) is 0. The van der Waals surface area contributed by atoms with Gasteiger partial charge in [0.1, 0.15) is 0 Å². The van der Waals surface area contributed by atoms with Crippen molar-refractivity contribution in [2.24, 2.45) is 0 Å². The van der Waals surface area contributed by atoms with E-state index in [1.807, 2.05) is 53.4 Å². The van der Waals surface area contributed by atoms with Gasteiger partial charge in [-0.05, 0) is 30.7 Å². The molecule has 0 radical (unpaired) electrons. The Hall–Kier alpha value is -2.90. The second-order valence-corrected chi connectivity index (χ2v) is 8.07. The molecular weight excluding hydrogens is 414 g/mol. The van der Waals surface area contributed by atoms with Gasteiger partial charge in [-0.15, -0.1) is 0 Å². The number of aryl methyl sites for hydroxylation is 1. The van der Waals surface area contributed by atoms with Gasteiger partial charge in [0, 0.05) is 49.4 Å². The second kappa shape index (κ2) is 9.94. The molecule has 2 aromatic carbocycles. The van der Waals surface area contributed by atoms with E-state index in [-0.39, 0.29) is 18.5 Å². The van der Waals surface area contributed by atoms with Crippen LogP contribution in [-0.2, 0) is 11.2 Å². The summed E-state index contributed by atoms with van der Waals surface area (Å²) in [5, 5.41) is 7.98. The van der Waals surface area contributed by atoms with Crippen LogP contribution in [0.25, 0.3) is 0 Å². The number of nitrogens with one attached hydrogen (secondary N) is 1. The Bertz CT molecular complexity index is 1000. The van der Waals surface area contributed by atoms with E-state index in [0.29, 0.717) is 31.2 Å². The first-order valence-electron chi connectivity index (χ1n) is 10.4. The molecule has 1 aromatic heterocycles. The minimum Gasteiger partial charge on any atom is -0.368 e. The fraction of sp³-hybridized carbons (Fsp3) is 0.348. The summed E-state index contributed by atoms with van der Waals surface area (Å²) in [5.41, 5.74) is 2.17. The molecule has 1 fully saturated rings. The maximum Gasteiger partial charge on any atom is 0.236 e. The monoisotopic (exact) mass is 439 g/mol. The lowest BCUT2D eigenvalue weighted by molar-refractivity contribution is -0.130. The topological polar surface area (TPSA) is 74.5 Å². The summed E-state index contributed by atoms with van der Waals surface area (Å²) < 4.78 is 5.29. The SMILES string of the molecule is Cc1noc(CC(NCC(=O)N2CCN(c3cccc(Cl)c3)CC2)c2ccccc2)n1. The Labute approximate surface area is 187 Å². The smallest absolute Gasteiger partial charge is 0.236 e. The largest absolute Gasteiger partial charge is 0.368 e.